The molecule has 66 valence electrons. The first-order valence-corrected chi connectivity index (χ1v) is 3.96. The lowest BCUT2D eigenvalue weighted by Crippen LogP contribution is -1.94. The molecule has 2 rings (SSSR count). The lowest BCUT2D eigenvalue weighted by molar-refractivity contribution is 0.424. The molecule has 0 aromatic carbocycles. The molecule has 0 aliphatic carbocycles. The molecule has 0 aliphatic heterocycles. The molecule has 0 radical (unpaired) electrons. The van der Waals surface area contributed by atoms with Crippen LogP contribution < -0.4 is 5.73 Å². The minimum Gasteiger partial charge on any atom is -0.356 e. The van der Waals surface area contributed by atoms with Crippen molar-refractivity contribution in [1.82, 2.24) is 10.1 Å². The van der Waals surface area contributed by atoms with Gasteiger partial charge in [0.1, 0.15) is 0 Å². The predicted molar refractivity (Wildman–Crippen MR) is 47.6 cm³/mol. The fourth-order valence-corrected chi connectivity index (χ4v) is 1.06. The van der Waals surface area contributed by atoms with Crippen molar-refractivity contribution in [2.24, 2.45) is 5.73 Å². The highest BCUT2D eigenvalue weighted by atomic mass is 16.5. The standard InChI is InChI=1S/C9H9N3O/c10-6-8-5-9(13-12-8)7-1-3-11-4-2-7/h1-5H,6,10H2. The third kappa shape index (κ3) is 1.57. The van der Waals surface area contributed by atoms with Crippen molar-refractivity contribution in [2.45, 2.75) is 6.54 Å². The zero-order chi connectivity index (χ0) is 9.10. The van der Waals surface area contributed by atoms with E-state index in [-0.39, 0.29) is 0 Å². The molecule has 0 bridgehead atoms. The molecular formula is C9H9N3O. The number of hydrogen-bond donors (Lipinski definition) is 1. The van der Waals surface area contributed by atoms with Gasteiger partial charge >= 0.3 is 0 Å². The SMILES string of the molecule is NCc1cc(-c2ccncc2)on1. The van der Waals surface area contributed by atoms with E-state index in [4.69, 9.17) is 10.3 Å². The molecule has 4 nitrogen and oxygen atoms in total. The van der Waals surface area contributed by atoms with Gasteiger partial charge in [-0.2, -0.15) is 0 Å². The second-order valence-electron chi connectivity index (χ2n) is 2.62. The molecule has 4 heteroatoms. The number of nitrogens with zero attached hydrogens (tertiary/aromatic N) is 2. The van der Waals surface area contributed by atoms with Crippen LogP contribution >= 0.6 is 0 Å². The van der Waals surface area contributed by atoms with Crippen LogP contribution in [0.4, 0.5) is 0 Å². The fraction of sp³-hybridized carbons (Fsp3) is 0.111. The average molecular weight is 175 g/mol. The summed E-state index contributed by atoms with van der Waals surface area (Å²) in [6.45, 7) is 0.397. The van der Waals surface area contributed by atoms with Crippen LogP contribution in [0.15, 0.2) is 35.1 Å². The summed E-state index contributed by atoms with van der Waals surface area (Å²) < 4.78 is 5.08. The van der Waals surface area contributed by atoms with Gasteiger partial charge in [-0.15, -0.1) is 0 Å². The van der Waals surface area contributed by atoms with Gasteiger partial charge in [0.25, 0.3) is 0 Å². The Balaban J connectivity index is 2.36. The van der Waals surface area contributed by atoms with Crippen LogP contribution in [0.5, 0.6) is 0 Å². The highest BCUT2D eigenvalue weighted by Gasteiger charge is 2.03. The van der Waals surface area contributed by atoms with Crippen LogP contribution in [0.2, 0.25) is 0 Å². The molecule has 0 unspecified atom stereocenters. The van der Waals surface area contributed by atoms with Crippen molar-refractivity contribution >= 4 is 0 Å². The van der Waals surface area contributed by atoms with Gasteiger partial charge in [0.2, 0.25) is 0 Å². The molecule has 0 atom stereocenters. The van der Waals surface area contributed by atoms with Crippen LogP contribution in [0.1, 0.15) is 5.69 Å². The zero-order valence-corrected chi connectivity index (χ0v) is 6.97. The largest absolute Gasteiger partial charge is 0.356 e. The number of aromatic nitrogens is 2. The van der Waals surface area contributed by atoms with Gasteiger partial charge in [-0.05, 0) is 12.1 Å². The summed E-state index contributed by atoms with van der Waals surface area (Å²) in [5.74, 6) is 0.725. The fourth-order valence-electron chi connectivity index (χ4n) is 1.06. The number of nitrogens with two attached hydrogens (primary N) is 1. The van der Waals surface area contributed by atoms with Crippen LogP contribution in [-0.4, -0.2) is 10.1 Å². The lowest BCUT2D eigenvalue weighted by atomic mass is 10.2. The summed E-state index contributed by atoms with van der Waals surface area (Å²) in [4.78, 5) is 3.91. The Labute approximate surface area is 75.4 Å². The molecule has 2 aromatic rings. The normalized spacial score (nSPS) is 10.2. The Morgan fingerprint density at radius 3 is 2.69 bits per heavy atom. The van der Waals surface area contributed by atoms with Crippen molar-refractivity contribution in [3.05, 3.63) is 36.3 Å². The third-order valence-electron chi connectivity index (χ3n) is 1.73. The van der Waals surface area contributed by atoms with E-state index < -0.39 is 0 Å². The van der Waals surface area contributed by atoms with Crippen LogP contribution in [0.25, 0.3) is 11.3 Å². The van der Waals surface area contributed by atoms with Crippen LogP contribution in [0.3, 0.4) is 0 Å². The van der Waals surface area contributed by atoms with E-state index in [1.165, 1.54) is 0 Å². The number of rotatable bonds is 2. The van der Waals surface area contributed by atoms with Crippen molar-refractivity contribution < 1.29 is 4.52 Å². The van der Waals surface area contributed by atoms with E-state index in [1.54, 1.807) is 12.4 Å². The van der Waals surface area contributed by atoms with Gasteiger partial charge in [-0.1, -0.05) is 5.16 Å². The van der Waals surface area contributed by atoms with E-state index in [1.807, 2.05) is 18.2 Å². The second kappa shape index (κ2) is 3.37. The van der Waals surface area contributed by atoms with E-state index >= 15 is 0 Å². The quantitative estimate of drug-likeness (QED) is 0.744. The van der Waals surface area contributed by atoms with E-state index in [2.05, 4.69) is 10.1 Å². The third-order valence-corrected chi connectivity index (χ3v) is 1.73. The first kappa shape index (κ1) is 7.94. The molecule has 13 heavy (non-hydrogen) atoms. The maximum atomic E-state index is 5.41. The van der Waals surface area contributed by atoms with Crippen molar-refractivity contribution in [1.29, 1.82) is 0 Å². The number of hydrogen-bond acceptors (Lipinski definition) is 4. The topological polar surface area (TPSA) is 64.9 Å². The summed E-state index contributed by atoms with van der Waals surface area (Å²) in [5, 5.41) is 3.79. The Bertz CT molecular complexity index is 383. The van der Waals surface area contributed by atoms with Gasteiger partial charge in [-0.25, -0.2) is 0 Å². The molecule has 2 aromatic heterocycles. The van der Waals surface area contributed by atoms with Crippen molar-refractivity contribution in [2.75, 3.05) is 0 Å². The number of pyridine rings is 1. The smallest absolute Gasteiger partial charge is 0.167 e. The Morgan fingerprint density at radius 1 is 1.31 bits per heavy atom. The van der Waals surface area contributed by atoms with Gasteiger partial charge in [0.05, 0.1) is 5.69 Å². The average Bonchev–Trinajstić information content (AvgIpc) is 2.67. The van der Waals surface area contributed by atoms with E-state index in [9.17, 15) is 0 Å². The summed E-state index contributed by atoms with van der Waals surface area (Å²) in [6.07, 6.45) is 3.42. The van der Waals surface area contributed by atoms with Crippen LogP contribution in [0, 0.1) is 0 Å². The van der Waals surface area contributed by atoms with Gasteiger partial charge in [0, 0.05) is 30.6 Å². The molecular weight excluding hydrogens is 166 g/mol. The molecule has 0 fully saturated rings. The summed E-state index contributed by atoms with van der Waals surface area (Å²) in [5.41, 5.74) is 7.12. The van der Waals surface area contributed by atoms with Crippen LogP contribution in [-0.2, 0) is 6.54 Å². The molecule has 0 aliphatic rings. The van der Waals surface area contributed by atoms with Gasteiger partial charge in [0.15, 0.2) is 5.76 Å². The minimum atomic E-state index is 0.397. The Hall–Kier alpha value is -1.68. The van der Waals surface area contributed by atoms with Gasteiger partial charge in [-0.3, -0.25) is 4.98 Å². The summed E-state index contributed by atoms with van der Waals surface area (Å²) in [7, 11) is 0. The zero-order valence-electron chi connectivity index (χ0n) is 6.97. The summed E-state index contributed by atoms with van der Waals surface area (Å²) >= 11 is 0. The maximum Gasteiger partial charge on any atom is 0.167 e. The predicted octanol–water partition coefficient (Wildman–Crippen LogP) is 1.20. The molecule has 2 heterocycles. The van der Waals surface area contributed by atoms with Gasteiger partial charge < -0.3 is 10.3 Å². The molecule has 0 saturated carbocycles. The minimum absolute atomic E-state index is 0.397. The molecule has 0 amide bonds. The van der Waals surface area contributed by atoms with Crippen molar-refractivity contribution in [3.8, 4) is 11.3 Å². The van der Waals surface area contributed by atoms with E-state index in [0.717, 1.165) is 17.0 Å². The molecule has 0 saturated heterocycles. The summed E-state index contributed by atoms with van der Waals surface area (Å²) in [6, 6.07) is 5.55. The second-order valence-corrected chi connectivity index (χ2v) is 2.62. The molecule has 0 spiro atoms. The maximum absolute atomic E-state index is 5.41. The first-order chi connectivity index (χ1) is 6.40. The highest BCUT2D eigenvalue weighted by molar-refractivity contribution is 5.56. The molecule has 2 N–H and O–H groups in total. The Morgan fingerprint density at radius 2 is 2.08 bits per heavy atom. The first-order valence-electron chi connectivity index (χ1n) is 3.96. The monoisotopic (exact) mass is 175 g/mol. The lowest BCUT2D eigenvalue weighted by Gasteiger charge is -1.90. The van der Waals surface area contributed by atoms with E-state index in [0.29, 0.717) is 6.54 Å². The van der Waals surface area contributed by atoms with Crippen molar-refractivity contribution in [3.63, 3.8) is 0 Å². The Kier molecular flexibility index (Phi) is 2.06. The highest BCUT2D eigenvalue weighted by Crippen LogP contribution is 2.18.